The number of likely N-dealkylation sites (tertiary alicyclic amines) is 1. The third kappa shape index (κ3) is 6.00. The number of fused-ring (bicyclic) bond motifs is 1. The minimum Gasteiger partial charge on any atom is -0.465 e. The number of allylic oxidation sites excluding steroid dienone is 1. The average molecular weight is 620 g/mol. The minimum atomic E-state index is -0.703. The van der Waals surface area contributed by atoms with Gasteiger partial charge in [-0.25, -0.2) is 0 Å². The molecule has 3 aliphatic rings. The number of rotatable bonds is 15. The lowest BCUT2D eigenvalue weighted by Gasteiger charge is -2.38. The molecule has 9 heteroatoms. The van der Waals surface area contributed by atoms with Gasteiger partial charge in [0.2, 0.25) is 11.8 Å². The molecule has 2 bridgehead atoms. The number of ether oxygens (including phenoxy) is 1. The van der Waals surface area contributed by atoms with Crippen LogP contribution < -0.4 is 0 Å². The van der Waals surface area contributed by atoms with Crippen LogP contribution in [0.2, 0.25) is 0 Å². The Morgan fingerprint density at radius 1 is 1.18 bits per heavy atom. The Bertz CT molecular complexity index is 1060. The van der Waals surface area contributed by atoms with Crippen LogP contribution in [0.3, 0.4) is 0 Å². The number of thioether (sulfide) groups is 1. The SMILES string of the molecule is C=CCCCOC(=O)[C@H]1[C@H]2C(=O)N(CCCCCO)C(C(=O)N(CC=C)Cc3ccccc3)C23CC(Br)[C@@H]1S3. The van der Waals surface area contributed by atoms with Crippen LogP contribution in [0, 0.1) is 11.8 Å². The lowest BCUT2D eigenvalue weighted by atomic mass is 9.71. The summed E-state index contributed by atoms with van der Waals surface area (Å²) in [4.78, 5) is 45.5. The number of aliphatic hydroxyl groups is 1. The fourth-order valence-corrected chi connectivity index (χ4v) is 9.95. The molecular weight excluding hydrogens is 580 g/mol. The fourth-order valence-electron chi connectivity index (χ4n) is 6.35. The Hall–Kier alpha value is -2.10. The number of alkyl halides is 1. The van der Waals surface area contributed by atoms with Crippen molar-refractivity contribution in [1.29, 1.82) is 0 Å². The third-order valence-electron chi connectivity index (χ3n) is 8.03. The first kappa shape index (κ1) is 29.9. The summed E-state index contributed by atoms with van der Waals surface area (Å²) >= 11 is 5.43. The van der Waals surface area contributed by atoms with Crippen molar-refractivity contribution in [2.45, 2.75) is 65.9 Å². The lowest BCUT2D eigenvalue weighted by Crippen LogP contribution is -2.55. The van der Waals surface area contributed by atoms with Crippen molar-refractivity contribution in [3.05, 3.63) is 61.2 Å². The van der Waals surface area contributed by atoms with Gasteiger partial charge in [0.1, 0.15) is 6.04 Å². The zero-order valence-corrected chi connectivity index (χ0v) is 24.8. The molecule has 0 saturated carbocycles. The van der Waals surface area contributed by atoms with E-state index in [1.165, 1.54) is 0 Å². The van der Waals surface area contributed by atoms with Crippen LogP contribution in [0.25, 0.3) is 0 Å². The summed E-state index contributed by atoms with van der Waals surface area (Å²) < 4.78 is 4.96. The third-order valence-corrected chi connectivity index (χ3v) is 11.2. The molecule has 39 heavy (non-hydrogen) atoms. The molecule has 3 fully saturated rings. The maximum absolute atomic E-state index is 14.4. The van der Waals surface area contributed by atoms with Gasteiger partial charge in [-0.1, -0.05) is 58.4 Å². The summed E-state index contributed by atoms with van der Waals surface area (Å²) in [6.45, 7) is 9.16. The molecule has 1 spiro atoms. The predicted molar refractivity (Wildman–Crippen MR) is 157 cm³/mol. The second-order valence-electron chi connectivity index (χ2n) is 10.6. The van der Waals surface area contributed by atoms with E-state index in [0.29, 0.717) is 45.3 Å². The van der Waals surface area contributed by atoms with Gasteiger partial charge in [-0.2, -0.15) is 0 Å². The van der Waals surface area contributed by atoms with Gasteiger partial charge in [0.25, 0.3) is 0 Å². The van der Waals surface area contributed by atoms with Crippen LogP contribution in [-0.2, 0) is 25.7 Å². The number of nitrogens with zero attached hydrogens (tertiary/aromatic N) is 2. The molecule has 3 heterocycles. The summed E-state index contributed by atoms with van der Waals surface area (Å²) in [5.74, 6) is -1.77. The molecule has 6 atom stereocenters. The largest absolute Gasteiger partial charge is 0.465 e. The van der Waals surface area contributed by atoms with Crippen LogP contribution in [0.4, 0.5) is 0 Å². The number of carbonyl (C=O) groups excluding carboxylic acids is 3. The molecule has 0 aromatic heterocycles. The van der Waals surface area contributed by atoms with E-state index >= 15 is 0 Å². The minimum absolute atomic E-state index is 0.00360. The first-order valence-corrected chi connectivity index (χ1v) is 15.6. The van der Waals surface area contributed by atoms with Crippen molar-refractivity contribution < 1.29 is 24.2 Å². The molecule has 1 aromatic carbocycles. The monoisotopic (exact) mass is 618 g/mol. The Labute approximate surface area is 244 Å². The first-order chi connectivity index (χ1) is 18.9. The molecule has 0 aliphatic carbocycles. The number of benzene rings is 1. The van der Waals surface area contributed by atoms with Crippen molar-refractivity contribution in [2.75, 3.05) is 26.3 Å². The van der Waals surface area contributed by atoms with Gasteiger partial charge in [0, 0.05) is 36.3 Å². The van der Waals surface area contributed by atoms with Crippen LogP contribution in [0.15, 0.2) is 55.6 Å². The Balaban J connectivity index is 1.65. The highest BCUT2D eigenvalue weighted by Crippen LogP contribution is 2.68. The number of esters is 1. The predicted octanol–water partition coefficient (Wildman–Crippen LogP) is 4.34. The maximum Gasteiger partial charge on any atom is 0.310 e. The van der Waals surface area contributed by atoms with E-state index in [9.17, 15) is 19.5 Å². The van der Waals surface area contributed by atoms with Crippen LogP contribution in [0.1, 0.15) is 44.1 Å². The molecule has 0 radical (unpaired) electrons. The number of unbranched alkanes of at least 4 members (excludes halogenated alkanes) is 3. The van der Waals surface area contributed by atoms with Gasteiger partial charge in [-0.15, -0.1) is 24.9 Å². The fraction of sp³-hybridized carbons (Fsp3) is 0.567. The molecule has 212 valence electrons. The molecule has 7 nitrogen and oxygen atoms in total. The highest BCUT2D eigenvalue weighted by Gasteiger charge is 2.76. The van der Waals surface area contributed by atoms with Crippen LogP contribution in [0.5, 0.6) is 0 Å². The maximum atomic E-state index is 14.4. The lowest BCUT2D eigenvalue weighted by molar-refractivity contribution is -0.154. The van der Waals surface area contributed by atoms with E-state index in [1.54, 1.807) is 33.7 Å². The van der Waals surface area contributed by atoms with Crippen LogP contribution >= 0.6 is 27.7 Å². The molecule has 3 saturated heterocycles. The van der Waals surface area contributed by atoms with Gasteiger partial charge in [0.15, 0.2) is 0 Å². The molecule has 3 unspecified atom stereocenters. The van der Waals surface area contributed by atoms with Crippen molar-refractivity contribution >= 4 is 45.5 Å². The first-order valence-electron chi connectivity index (χ1n) is 13.8. The van der Waals surface area contributed by atoms with Crippen molar-refractivity contribution in [3.63, 3.8) is 0 Å². The molecular formula is C30H39BrN2O5S. The average Bonchev–Trinajstić information content (AvgIpc) is 3.52. The highest BCUT2D eigenvalue weighted by molar-refractivity contribution is 9.09. The van der Waals surface area contributed by atoms with E-state index in [-0.39, 0.29) is 41.1 Å². The normalized spacial score (nSPS) is 28.8. The number of amides is 2. The number of carbonyl (C=O) groups is 3. The second kappa shape index (κ2) is 13.5. The van der Waals surface area contributed by atoms with Gasteiger partial charge in [0.05, 0.1) is 23.2 Å². The number of hydrogen-bond donors (Lipinski definition) is 1. The second-order valence-corrected chi connectivity index (χ2v) is 13.3. The molecule has 1 aromatic rings. The highest BCUT2D eigenvalue weighted by atomic mass is 79.9. The molecule has 1 N–H and O–H groups in total. The van der Waals surface area contributed by atoms with Gasteiger partial charge >= 0.3 is 5.97 Å². The summed E-state index contributed by atoms with van der Waals surface area (Å²) in [6.07, 6.45) is 7.67. The van der Waals surface area contributed by atoms with Gasteiger partial charge < -0.3 is 19.6 Å². The van der Waals surface area contributed by atoms with E-state index in [2.05, 4.69) is 29.1 Å². The van der Waals surface area contributed by atoms with Gasteiger partial charge in [-0.3, -0.25) is 14.4 Å². The zero-order valence-electron chi connectivity index (χ0n) is 22.4. The Morgan fingerprint density at radius 2 is 1.95 bits per heavy atom. The smallest absolute Gasteiger partial charge is 0.310 e. The quantitative estimate of drug-likeness (QED) is 0.136. The van der Waals surface area contributed by atoms with E-state index in [0.717, 1.165) is 18.4 Å². The van der Waals surface area contributed by atoms with Crippen molar-refractivity contribution in [1.82, 2.24) is 9.80 Å². The molecule has 2 amide bonds. The van der Waals surface area contributed by atoms with E-state index < -0.39 is 22.6 Å². The number of hydrogen-bond acceptors (Lipinski definition) is 6. The topological polar surface area (TPSA) is 87.1 Å². The molecule has 4 rings (SSSR count). The summed E-state index contributed by atoms with van der Waals surface area (Å²) in [7, 11) is 0. The van der Waals surface area contributed by atoms with Crippen molar-refractivity contribution in [2.24, 2.45) is 11.8 Å². The summed E-state index contributed by atoms with van der Waals surface area (Å²) in [5, 5.41) is 9.13. The molecule has 3 aliphatic heterocycles. The Morgan fingerprint density at radius 3 is 2.64 bits per heavy atom. The van der Waals surface area contributed by atoms with E-state index in [1.807, 2.05) is 30.3 Å². The van der Waals surface area contributed by atoms with Gasteiger partial charge in [-0.05, 0) is 44.1 Å². The van der Waals surface area contributed by atoms with Crippen molar-refractivity contribution in [3.8, 4) is 0 Å². The number of halogens is 1. The van der Waals surface area contributed by atoms with E-state index in [4.69, 9.17) is 4.74 Å². The standard InChI is InChI=1S/C30H39BrN2O5S/c1-3-5-12-18-38-29(37)23-24-27(35)33(16-10-7-11-17-34)26(30(24)19-22(31)25(23)39-30)28(36)32(15-4-2)20-21-13-8-6-9-14-21/h3-4,6,8-9,13-14,22-26,34H,1-2,5,7,10-12,15-20H2/t22?,23-,24-,25-,26?,30?/m0/s1. The summed E-state index contributed by atoms with van der Waals surface area (Å²) in [5.41, 5.74) is 1.00. The van der Waals surface area contributed by atoms with Crippen LogP contribution in [-0.4, -0.2) is 79.9 Å². The zero-order chi connectivity index (χ0) is 28.0. The summed E-state index contributed by atoms with van der Waals surface area (Å²) in [6, 6.07) is 9.13. The number of aliphatic hydroxyl groups excluding tert-OH is 1. The Kier molecular flexibility index (Phi) is 10.3.